The molecule has 1 aliphatic rings. The maximum Gasteiger partial charge on any atom is 0.159 e. The van der Waals surface area contributed by atoms with Crippen LogP contribution < -0.4 is 4.90 Å². The first-order valence-electron chi connectivity index (χ1n) is 9.75. The van der Waals surface area contributed by atoms with Gasteiger partial charge in [-0.1, -0.05) is 17.7 Å². The molecule has 0 saturated carbocycles. The fraction of sp³-hybridized carbons (Fsp3) is 0.304. The van der Waals surface area contributed by atoms with Crippen LogP contribution in [0.2, 0.25) is 5.15 Å². The molecule has 0 amide bonds. The van der Waals surface area contributed by atoms with Gasteiger partial charge in [0.1, 0.15) is 5.15 Å². The molecule has 6 heteroatoms. The number of nitrogens with zero attached hydrogens (tertiary/aromatic N) is 3. The van der Waals surface area contributed by atoms with E-state index in [1.54, 1.807) is 18.7 Å². The molecule has 1 aromatic heterocycles. The molecule has 1 aliphatic heterocycles. The van der Waals surface area contributed by atoms with Crippen LogP contribution in [0.4, 0.5) is 5.69 Å². The van der Waals surface area contributed by atoms with E-state index in [4.69, 9.17) is 11.6 Å². The molecule has 0 radical (unpaired) electrons. The summed E-state index contributed by atoms with van der Waals surface area (Å²) < 4.78 is 0. The number of ketones is 1. The maximum atomic E-state index is 11.5. The van der Waals surface area contributed by atoms with Crippen molar-refractivity contribution in [3.63, 3.8) is 0 Å². The lowest BCUT2D eigenvalue weighted by Crippen LogP contribution is -2.46. The van der Waals surface area contributed by atoms with Crippen LogP contribution in [0, 0.1) is 0 Å². The number of halogens is 1. The van der Waals surface area contributed by atoms with Crippen LogP contribution in [-0.2, 0) is 6.54 Å². The highest BCUT2D eigenvalue weighted by molar-refractivity contribution is 7.98. The molecular weight excluding hydrogens is 402 g/mol. The quantitative estimate of drug-likeness (QED) is 0.321. The molecule has 1 fully saturated rings. The number of hydrogen-bond acceptors (Lipinski definition) is 5. The number of aromatic nitrogens is 1. The Balaban J connectivity index is 1.41. The van der Waals surface area contributed by atoms with Gasteiger partial charge < -0.3 is 4.90 Å². The van der Waals surface area contributed by atoms with Crippen LogP contribution in [0.1, 0.15) is 22.8 Å². The third kappa shape index (κ3) is 4.58. The minimum Gasteiger partial charge on any atom is -0.369 e. The van der Waals surface area contributed by atoms with Gasteiger partial charge in [-0.15, -0.1) is 11.8 Å². The van der Waals surface area contributed by atoms with Crippen molar-refractivity contribution in [2.75, 3.05) is 37.3 Å². The van der Waals surface area contributed by atoms with Gasteiger partial charge in [-0.05, 0) is 55.6 Å². The summed E-state index contributed by atoms with van der Waals surface area (Å²) in [4.78, 5) is 22.1. The lowest BCUT2D eigenvalue weighted by atomic mass is 10.1. The highest BCUT2D eigenvalue weighted by Crippen LogP contribution is 2.26. The molecule has 0 atom stereocenters. The van der Waals surface area contributed by atoms with Crippen molar-refractivity contribution >= 4 is 45.7 Å². The van der Waals surface area contributed by atoms with Gasteiger partial charge >= 0.3 is 0 Å². The summed E-state index contributed by atoms with van der Waals surface area (Å²) in [5, 5.41) is 1.73. The Hall–Kier alpha value is -2.08. The van der Waals surface area contributed by atoms with Crippen LogP contribution >= 0.6 is 23.4 Å². The number of fused-ring (bicyclic) bond motifs is 1. The summed E-state index contributed by atoms with van der Waals surface area (Å²) in [7, 11) is 0. The largest absolute Gasteiger partial charge is 0.369 e. The van der Waals surface area contributed by atoms with Crippen molar-refractivity contribution in [1.82, 2.24) is 9.88 Å². The van der Waals surface area contributed by atoms with E-state index in [-0.39, 0.29) is 5.78 Å². The van der Waals surface area contributed by atoms with Crippen LogP contribution in [-0.4, -0.2) is 48.1 Å². The Labute approximate surface area is 180 Å². The maximum absolute atomic E-state index is 11.5. The number of Topliss-reactive ketones (excluding diaryl/α,β-unsaturated/α-hetero) is 1. The SMILES string of the molecule is CSc1ccc2cc(CN3CCN(c4ccc(C(C)=O)cc4)CC3)c(Cl)nc2c1. The zero-order chi connectivity index (χ0) is 20.4. The van der Waals surface area contributed by atoms with E-state index in [2.05, 4.69) is 45.3 Å². The summed E-state index contributed by atoms with van der Waals surface area (Å²) in [5.41, 5.74) is 3.96. The molecule has 0 N–H and O–H groups in total. The summed E-state index contributed by atoms with van der Waals surface area (Å²) in [6, 6.07) is 16.4. The number of piperazine rings is 1. The zero-order valence-electron chi connectivity index (χ0n) is 16.7. The molecule has 4 nitrogen and oxygen atoms in total. The summed E-state index contributed by atoms with van der Waals surface area (Å²) in [6.07, 6.45) is 2.06. The summed E-state index contributed by atoms with van der Waals surface area (Å²) >= 11 is 8.21. The van der Waals surface area contributed by atoms with Gasteiger partial charge in [0.25, 0.3) is 0 Å². The smallest absolute Gasteiger partial charge is 0.159 e. The molecule has 0 unspecified atom stereocenters. The Morgan fingerprint density at radius 2 is 1.79 bits per heavy atom. The number of carbonyl (C=O) groups is 1. The van der Waals surface area contributed by atoms with Gasteiger partial charge in [-0.2, -0.15) is 0 Å². The number of pyridine rings is 1. The third-order valence-electron chi connectivity index (χ3n) is 5.46. The molecule has 150 valence electrons. The van der Waals surface area contributed by atoms with Gasteiger partial charge in [0.15, 0.2) is 5.78 Å². The molecule has 2 heterocycles. The molecule has 2 aromatic carbocycles. The van der Waals surface area contributed by atoms with E-state index in [0.717, 1.165) is 54.8 Å². The zero-order valence-corrected chi connectivity index (χ0v) is 18.3. The molecule has 3 aromatic rings. The second-order valence-corrected chi connectivity index (χ2v) is 8.60. The molecule has 0 bridgehead atoms. The van der Waals surface area contributed by atoms with Gasteiger partial charge in [0.2, 0.25) is 0 Å². The summed E-state index contributed by atoms with van der Waals surface area (Å²) in [6.45, 7) is 6.25. The Kier molecular flexibility index (Phi) is 6.09. The number of rotatable bonds is 5. The minimum absolute atomic E-state index is 0.104. The van der Waals surface area contributed by atoms with Crippen LogP contribution in [0.5, 0.6) is 0 Å². The predicted octanol–water partition coefficient (Wildman–Crippen LogP) is 5.13. The van der Waals surface area contributed by atoms with Crippen molar-refractivity contribution in [3.05, 3.63) is 64.8 Å². The van der Waals surface area contributed by atoms with E-state index in [0.29, 0.717) is 5.15 Å². The van der Waals surface area contributed by atoms with Gasteiger partial charge in [0, 0.05) is 59.8 Å². The lowest BCUT2D eigenvalue weighted by Gasteiger charge is -2.36. The molecule has 29 heavy (non-hydrogen) atoms. The topological polar surface area (TPSA) is 36.4 Å². The van der Waals surface area contributed by atoms with E-state index in [1.165, 1.54) is 10.6 Å². The summed E-state index contributed by atoms with van der Waals surface area (Å²) in [5.74, 6) is 0.104. The van der Waals surface area contributed by atoms with Crippen molar-refractivity contribution in [3.8, 4) is 0 Å². The van der Waals surface area contributed by atoms with Gasteiger partial charge in [0.05, 0.1) is 5.52 Å². The highest BCUT2D eigenvalue weighted by Gasteiger charge is 2.19. The number of benzene rings is 2. The van der Waals surface area contributed by atoms with Gasteiger partial charge in [-0.3, -0.25) is 9.69 Å². The van der Waals surface area contributed by atoms with E-state index in [1.807, 2.05) is 24.3 Å². The molecular formula is C23H24ClN3OS. The molecule has 1 saturated heterocycles. The van der Waals surface area contributed by atoms with Crippen molar-refractivity contribution in [2.24, 2.45) is 0 Å². The van der Waals surface area contributed by atoms with Crippen molar-refractivity contribution in [2.45, 2.75) is 18.4 Å². The first-order chi connectivity index (χ1) is 14.0. The fourth-order valence-corrected chi connectivity index (χ4v) is 4.36. The first-order valence-corrected chi connectivity index (χ1v) is 11.4. The van der Waals surface area contributed by atoms with Crippen LogP contribution in [0.3, 0.4) is 0 Å². The molecule has 4 rings (SSSR count). The number of thioether (sulfide) groups is 1. The molecule has 0 aliphatic carbocycles. The van der Waals surface area contributed by atoms with E-state index >= 15 is 0 Å². The minimum atomic E-state index is 0.104. The monoisotopic (exact) mass is 425 g/mol. The predicted molar refractivity (Wildman–Crippen MR) is 122 cm³/mol. The number of anilines is 1. The lowest BCUT2D eigenvalue weighted by molar-refractivity contribution is 0.101. The highest BCUT2D eigenvalue weighted by atomic mass is 35.5. The first kappa shape index (κ1) is 20.2. The average molecular weight is 426 g/mol. The average Bonchev–Trinajstić information content (AvgIpc) is 2.74. The van der Waals surface area contributed by atoms with Gasteiger partial charge in [-0.25, -0.2) is 4.98 Å². The number of carbonyl (C=O) groups excluding carboxylic acids is 1. The fourth-order valence-electron chi connectivity index (χ4n) is 3.72. The Morgan fingerprint density at radius 3 is 2.45 bits per heavy atom. The van der Waals surface area contributed by atoms with E-state index in [9.17, 15) is 4.79 Å². The second kappa shape index (κ2) is 8.74. The van der Waals surface area contributed by atoms with E-state index < -0.39 is 0 Å². The Bertz CT molecular complexity index is 1030. The van der Waals surface area contributed by atoms with Crippen molar-refractivity contribution in [1.29, 1.82) is 0 Å². The third-order valence-corrected chi connectivity index (χ3v) is 6.51. The number of hydrogen-bond donors (Lipinski definition) is 0. The van der Waals surface area contributed by atoms with Crippen molar-refractivity contribution < 1.29 is 4.79 Å². The standard InChI is InChI=1S/C23H24ClN3OS/c1-16(28)17-3-6-20(7-4-17)27-11-9-26(10-12-27)15-19-13-18-5-8-21(29-2)14-22(18)25-23(19)24/h3-8,13-14H,9-12,15H2,1-2H3. The second-order valence-electron chi connectivity index (χ2n) is 7.36. The van der Waals surface area contributed by atoms with Crippen LogP contribution in [0.15, 0.2) is 53.4 Å². The normalized spacial score (nSPS) is 15.1. The Morgan fingerprint density at radius 1 is 1.07 bits per heavy atom. The molecule has 0 spiro atoms. The van der Waals surface area contributed by atoms with Crippen LogP contribution in [0.25, 0.3) is 10.9 Å².